The molecule has 6 nitrogen and oxygen atoms in total. The molecular weight excluding hydrogens is 340 g/mol. The Morgan fingerprint density at radius 3 is 2.37 bits per heavy atom. The van der Waals surface area contributed by atoms with Crippen molar-refractivity contribution in [2.24, 2.45) is 0 Å². The van der Waals surface area contributed by atoms with Crippen LogP contribution < -0.4 is 0 Å². The predicted molar refractivity (Wildman–Crippen MR) is 104 cm³/mol. The molecule has 3 aliphatic heterocycles. The van der Waals surface area contributed by atoms with Crippen molar-refractivity contribution in [3.05, 3.63) is 17.5 Å². The second-order valence-corrected chi connectivity index (χ2v) is 8.61. The summed E-state index contributed by atoms with van der Waals surface area (Å²) in [6, 6.07) is 0.842. The number of aromatic nitrogens is 2. The maximum atomic E-state index is 11.9. The highest BCUT2D eigenvalue weighted by molar-refractivity contribution is 5.74. The third kappa shape index (κ3) is 4.06. The number of piperidine rings is 2. The van der Waals surface area contributed by atoms with Gasteiger partial charge in [0, 0.05) is 56.9 Å². The molecule has 1 aromatic heterocycles. The number of ether oxygens (including phenoxy) is 1. The Morgan fingerprint density at radius 1 is 1.15 bits per heavy atom. The number of carbonyl (C=O) groups excluding carboxylic acids is 1. The van der Waals surface area contributed by atoms with Gasteiger partial charge in [0.2, 0.25) is 5.91 Å². The normalized spacial score (nSPS) is 29.4. The highest BCUT2D eigenvalue weighted by atomic mass is 16.5. The van der Waals surface area contributed by atoms with Crippen molar-refractivity contribution < 1.29 is 9.53 Å². The summed E-state index contributed by atoms with van der Waals surface area (Å²) in [7, 11) is 0. The summed E-state index contributed by atoms with van der Waals surface area (Å²) in [4.78, 5) is 16.5. The highest BCUT2D eigenvalue weighted by Gasteiger charge is 2.43. The van der Waals surface area contributed by atoms with Crippen LogP contribution in [0.5, 0.6) is 0 Å². The molecule has 0 aromatic carbocycles. The van der Waals surface area contributed by atoms with Gasteiger partial charge in [0.15, 0.2) is 0 Å². The molecule has 0 aliphatic carbocycles. The molecule has 1 amide bonds. The second-order valence-electron chi connectivity index (χ2n) is 8.61. The quantitative estimate of drug-likeness (QED) is 0.795. The lowest BCUT2D eigenvalue weighted by molar-refractivity contribution is -0.138. The minimum atomic E-state index is 0.246. The molecule has 6 heteroatoms. The maximum absolute atomic E-state index is 11.9. The van der Waals surface area contributed by atoms with Gasteiger partial charge in [-0.25, -0.2) is 0 Å². The van der Waals surface area contributed by atoms with Gasteiger partial charge >= 0.3 is 0 Å². The first kappa shape index (κ1) is 18.9. The number of hydrogen-bond donors (Lipinski definition) is 0. The van der Waals surface area contributed by atoms with Crippen LogP contribution in [0.3, 0.4) is 0 Å². The molecule has 150 valence electrons. The molecule has 3 aliphatic rings. The van der Waals surface area contributed by atoms with Gasteiger partial charge in [0.25, 0.3) is 0 Å². The SMILES string of the molecule is CCn1cc(CN2CCC(OC3C[C@H]4CC[C@@H](C3)N4C(C)=O)CC2)c(C)n1. The van der Waals surface area contributed by atoms with E-state index in [1.54, 1.807) is 6.92 Å². The molecule has 3 fully saturated rings. The van der Waals surface area contributed by atoms with Gasteiger partial charge in [-0.15, -0.1) is 0 Å². The largest absolute Gasteiger partial charge is 0.375 e. The van der Waals surface area contributed by atoms with Gasteiger partial charge in [0.05, 0.1) is 17.9 Å². The van der Waals surface area contributed by atoms with E-state index in [-0.39, 0.29) is 5.91 Å². The number of fused-ring (bicyclic) bond motifs is 2. The Bertz CT molecular complexity index is 651. The number of hydrogen-bond acceptors (Lipinski definition) is 4. The molecule has 0 spiro atoms. The summed E-state index contributed by atoms with van der Waals surface area (Å²) < 4.78 is 8.53. The van der Waals surface area contributed by atoms with Crippen molar-refractivity contribution >= 4 is 5.91 Å². The van der Waals surface area contributed by atoms with E-state index in [4.69, 9.17) is 4.74 Å². The maximum Gasteiger partial charge on any atom is 0.219 e. The van der Waals surface area contributed by atoms with Crippen molar-refractivity contribution in [1.82, 2.24) is 19.6 Å². The molecule has 0 N–H and O–H groups in total. The summed E-state index contributed by atoms with van der Waals surface area (Å²) in [5, 5.41) is 4.56. The molecule has 2 bridgehead atoms. The Labute approximate surface area is 162 Å². The number of likely N-dealkylation sites (tertiary alicyclic amines) is 1. The second kappa shape index (κ2) is 7.92. The molecule has 3 saturated heterocycles. The van der Waals surface area contributed by atoms with Crippen LogP contribution in [-0.2, 0) is 22.6 Å². The Kier molecular flexibility index (Phi) is 5.55. The minimum absolute atomic E-state index is 0.246. The minimum Gasteiger partial charge on any atom is -0.375 e. The Balaban J connectivity index is 1.24. The smallest absolute Gasteiger partial charge is 0.219 e. The van der Waals surface area contributed by atoms with E-state index in [0.29, 0.717) is 24.3 Å². The first-order chi connectivity index (χ1) is 13.0. The molecule has 4 rings (SSSR count). The van der Waals surface area contributed by atoms with E-state index in [2.05, 4.69) is 34.9 Å². The fraction of sp³-hybridized carbons (Fsp3) is 0.810. The van der Waals surface area contributed by atoms with Crippen molar-refractivity contribution in [2.45, 2.75) is 96.7 Å². The fourth-order valence-corrected chi connectivity index (χ4v) is 5.35. The molecule has 0 radical (unpaired) electrons. The average Bonchev–Trinajstić information content (AvgIpc) is 3.14. The van der Waals surface area contributed by atoms with Crippen molar-refractivity contribution in [3.8, 4) is 0 Å². The molecule has 0 saturated carbocycles. The number of carbonyl (C=O) groups is 1. The van der Waals surface area contributed by atoms with Gasteiger partial charge in [-0.1, -0.05) is 0 Å². The zero-order valence-electron chi connectivity index (χ0n) is 17.1. The fourth-order valence-electron chi connectivity index (χ4n) is 5.35. The van der Waals surface area contributed by atoms with Gasteiger partial charge in [-0.3, -0.25) is 14.4 Å². The monoisotopic (exact) mass is 374 g/mol. The zero-order valence-corrected chi connectivity index (χ0v) is 17.1. The summed E-state index contributed by atoms with van der Waals surface area (Å²) in [6.45, 7) is 10.1. The van der Waals surface area contributed by atoms with E-state index in [9.17, 15) is 4.79 Å². The lowest BCUT2D eigenvalue weighted by atomic mass is 9.98. The van der Waals surface area contributed by atoms with Gasteiger partial charge < -0.3 is 9.64 Å². The van der Waals surface area contributed by atoms with Gasteiger partial charge in [-0.2, -0.15) is 5.10 Å². The standard InChI is InChI=1S/C21H34N4O2/c1-4-24-14-17(15(2)22-24)13-23-9-7-20(8-10-23)27-21-11-18-5-6-19(12-21)25(18)16(3)26/h14,18-21H,4-13H2,1-3H3/t18-,19+,21?. The van der Waals surface area contributed by atoms with E-state index in [0.717, 1.165) is 70.4 Å². The van der Waals surface area contributed by atoms with E-state index in [1.165, 1.54) is 5.56 Å². The number of rotatable bonds is 5. The van der Waals surface area contributed by atoms with Crippen LogP contribution in [0.2, 0.25) is 0 Å². The van der Waals surface area contributed by atoms with Crippen LogP contribution >= 0.6 is 0 Å². The highest BCUT2D eigenvalue weighted by Crippen LogP contribution is 2.37. The zero-order chi connectivity index (χ0) is 19.0. The first-order valence-electron chi connectivity index (χ1n) is 10.7. The Hall–Kier alpha value is -1.40. The van der Waals surface area contributed by atoms with Gasteiger partial charge in [-0.05, 0) is 52.4 Å². The lowest BCUT2D eigenvalue weighted by Gasteiger charge is -2.41. The lowest BCUT2D eigenvalue weighted by Crippen LogP contribution is -2.49. The number of aryl methyl sites for hydroxylation is 2. The van der Waals surface area contributed by atoms with E-state index < -0.39 is 0 Å². The molecule has 3 atom stereocenters. The van der Waals surface area contributed by atoms with Crippen LogP contribution in [-0.4, -0.2) is 62.9 Å². The third-order valence-corrected chi connectivity index (χ3v) is 6.74. The van der Waals surface area contributed by atoms with E-state index >= 15 is 0 Å². The summed E-state index contributed by atoms with van der Waals surface area (Å²) >= 11 is 0. The van der Waals surface area contributed by atoms with Crippen LogP contribution in [0, 0.1) is 6.92 Å². The molecule has 27 heavy (non-hydrogen) atoms. The van der Waals surface area contributed by atoms with Crippen LogP contribution in [0.4, 0.5) is 0 Å². The van der Waals surface area contributed by atoms with Crippen LogP contribution in [0.25, 0.3) is 0 Å². The molecular formula is C21H34N4O2. The summed E-state index contributed by atoms with van der Waals surface area (Å²) in [5.41, 5.74) is 2.51. The van der Waals surface area contributed by atoms with Crippen LogP contribution in [0.1, 0.15) is 63.6 Å². The number of nitrogens with zero attached hydrogens (tertiary/aromatic N) is 4. The predicted octanol–water partition coefficient (Wildman–Crippen LogP) is 2.73. The topological polar surface area (TPSA) is 50.6 Å². The van der Waals surface area contributed by atoms with E-state index in [1.807, 2.05) is 4.68 Å². The third-order valence-electron chi connectivity index (χ3n) is 6.74. The first-order valence-corrected chi connectivity index (χ1v) is 10.7. The van der Waals surface area contributed by atoms with Crippen molar-refractivity contribution in [3.63, 3.8) is 0 Å². The Morgan fingerprint density at radius 2 is 1.81 bits per heavy atom. The summed E-state index contributed by atoms with van der Waals surface area (Å²) in [5.74, 6) is 0.246. The van der Waals surface area contributed by atoms with Crippen LogP contribution in [0.15, 0.2) is 6.20 Å². The summed E-state index contributed by atoms with van der Waals surface area (Å²) in [6.07, 6.45) is 9.54. The van der Waals surface area contributed by atoms with Crippen molar-refractivity contribution in [2.75, 3.05) is 13.1 Å². The number of amides is 1. The van der Waals surface area contributed by atoms with Gasteiger partial charge in [0.1, 0.15) is 0 Å². The molecule has 4 heterocycles. The molecule has 1 unspecified atom stereocenters. The van der Waals surface area contributed by atoms with Crippen molar-refractivity contribution in [1.29, 1.82) is 0 Å². The molecule has 1 aromatic rings. The average molecular weight is 375 g/mol.